The smallest absolute Gasteiger partial charge is 0.326 e. The fourth-order valence-electron chi connectivity index (χ4n) is 4.40. The van der Waals surface area contributed by atoms with E-state index in [4.69, 9.17) is 4.74 Å². The molecule has 1 saturated heterocycles. The molecule has 0 saturated carbocycles. The van der Waals surface area contributed by atoms with Gasteiger partial charge in [0.05, 0.1) is 24.4 Å². The van der Waals surface area contributed by atoms with Crippen molar-refractivity contribution >= 4 is 23.3 Å². The third-order valence-electron chi connectivity index (χ3n) is 5.66. The van der Waals surface area contributed by atoms with E-state index >= 15 is 0 Å². The molecule has 0 spiro atoms. The topological polar surface area (TPSA) is 82.1 Å². The standard InChI is InChI=1S/C21H21F2N3O4/c1-30-11-19(28)26-17-9-25(21(29)24-15-8-12(22)6-7-14(15)23)16-5-3-2-4-13(16)20(17)18(26)10-27/h2-8,17-18,20,27H,9-11H2,1H3,(H,24,29)/t17-,18+,20+/m1/s1. The number of amides is 3. The van der Waals surface area contributed by atoms with Crippen LogP contribution in [0, 0.1) is 11.6 Å². The van der Waals surface area contributed by atoms with Crippen LogP contribution in [0.3, 0.4) is 0 Å². The van der Waals surface area contributed by atoms with Gasteiger partial charge in [-0.1, -0.05) is 18.2 Å². The number of fused-ring (bicyclic) bond motifs is 3. The van der Waals surface area contributed by atoms with Gasteiger partial charge < -0.3 is 20.1 Å². The summed E-state index contributed by atoms with van der Waals surface area (Å²) >= 11 is 0. The van der Waals surface area contributed by atoms with Crippen molar-refractivity contribution in [1.82, 2.24) is 4.90 Å². The largest absolute Gasteiger partial charge is 0.394 e. The molecule has 0 aromatic heterocycles. The molecule has 1 fully saturated rings. The van der Waals surface area contributed by atoms with E-state index < -0.39 is 23.7 Å². The molecule has 3 atom stereocenters. The maximum atomic E-state index is 14.0. The van der Waals surface area contributed by atoms with Crippen LogP contribution >= 0.6 is 0 Å². The van der Waals surface area contributed by atoms with Crippen molar-refractivity contribution in [2.75, 3.05) is 37.1 Å². The van der Waals surface area contributed by atoms with Gasteiger partial charge in [-0.3, -0.25) is 9.69 Å². The number of aliphatic hydroxyl groups excluding tert-OH is 1. The normalized spacial score (nSPS) is 22.1. The minimum absolute atomic E-state index is 0.137. The number of carbonyl (C=O) groups excluding carboxylic acids is 2. The molecule has 158 valence electrons. The van der Waals surface area contributed by atoms with Crippen LogP contribution in [-0.2, 0) is 9.53 Å². The lowest BCUT2D eigenvalue weighted by Gasteiger charge is -2.58. The summed E-state index contributed by atoms with van der Waals surface area (Å²) in [7, 11) is 1.41. The van der Waals surface area contributed by atoms with Gasteiger partial charge in [-0.05, 0) is 23.8 Å². The molecule has 0 unspecified atom stereocenters. The molecule has 3 amide bonds. The number of methoxy groups -OCH3 is 1. The van der Waals surface area contributed by atoms with Crippen LogP contribution in [-0.4, -0.2) is 60.9 Å². The summed E-state index contributed by atoms with van der Waals surface area (Å²) in [5, 5.41) is 12.3. The van der Waals surface area contributed by atoms with E-state index in [0.717, 1.165) is 23.8 Å². The fraction of sp³-hybridized carbons (Fsp3) is 0.333. The number of halogens is 2. The first kappa shape index (κ1) is 20.2. The Morgan fingerprint density at radius 1 is 1.23 bits per heavy atom. The number of likely N-dealkylation sites (tertiary alicyclic amines) is 1. The number of nitrogens with zero attached hydrogens (tertiary/aromatic N) is 2. The van der Waals surface area contributed by atoms with E-state index in [9.17, 15) is 23.5 Å². The Kier molecular flexibility index (Phi) is 5.40. The summed E-state index contributed by atoms with van der Waals surface area (Å²) in [6, 6.07) is 8.58. The number of urea groups is 1. The van der Waals surface area contributed by atoms with Crippen molar-refractivity contribution in [3.05, 3.63) is 59.7 Å². The number of anilines is 2. The van der Waals surface area contributed by atoms with Crippen LogP contribution in [0.2, 0.25) is 0 Å². The monoisotopic (exact) mass is 417 g/mol. The molecule has 0 radical (unpaired) electrons. The zero-order valence-electron chi connectivity index (χ0n) is 16.2. The first-order chi connectivity index (χ1) is 14.5. The van der Waals surface area contributed by atoms with Gasteiger partial charge in [-0.25, -0.2) is 13.6 Å². The van der Waals surface area contributed by atoms with Gasteiger partial charge >= 0.3 is 6.03 Å². The second-order valence-corrected chi connectivity index (χ2v) is 7.30. The molecule has 9 heteroatoms. The van der Waals surface area contributed by atoms with E-state index in [-0.39, 0.29) is 43.3 Å². The third-order valence-corrected chi connectivity index (χ3v) is 5.66. The molecule has 2 aromatic carbocycles. The Hall–Kier alpha value is -3.04. The van der Waals surface area contributed by atoms with E-state index in [0.29, 0.717) is 5.69 Å². The number of para-hydroxylation sites is 1. The molecule has 0 bridgehead atoms. The lowest BCUT2D eigenvalue weighted by atomic mass is 9.72. The average molecular weight is 417 g/mol. The lowest BCUT2D eigenvalue weighted by molar-refractivity contribution is -0.154. The van der Waals surface area contributed by atoms with Crippen LogP contribution in [0.15, 0.2) is 42.5 Å². The number of rotatable bonds is 4. The molecule has 2 aromatic rings. The summed E-state index contributed by atoms with van der Waals surface area (Å²) in [6.07, 6.45) is 0. The fourth-order valence-corrected chi connectivity index (χ4v) is 4.40. The quantitative estimate of drug-likeness (QED) is 0.800. The second-order valence-electron chi connectivity index (χ2n) is 7.30. The lowest BCUT2D eigenvalue weighted by Crippen LogP contribution is -2.71. The minimum Gasteiger partial charge on any atom is -0.394 e. The highest BCUT2D eigenvalue weighted by molar-refractivity contribution is 6.03. The molecular weight excluding hydrogens is 396 g/mol. The van der Waals surface area contributed by atoms with Gasteiger partial charge in [0.15, 0.2) is 0 Å². The summed E-state index contributed by atoms with van der Waals surface area (Å²) in [5.74, 6) is -1.85. The molecule has 0 aliphatic carbocycles. The van der Waals surface area contributed by atoms with Crippen molar-refractivity contribution in [1.29, 1.82) is 0 Å². The van der Waals surface area contributed by atoms with Gasteiger partial charge in [0.25, 0.3) is 0 Å². The zero-order chi connectivity index (χ0) is 21.4. The van der Waals surface area contributed by atoms with Gasteiger partial charge in [0.2, 0.25) is 5.91 Å². The van der Waals surface area contributed by atoms with Crippen LogP contribution in [0.25, 0.3) is 0 Å². The van der Waals surface area contributed by atoms with Crippen LogP contribution in [0.4, 0.5) is 25.0 Å². The van der Waals surface area contributed by atoms with Crippen molar-refractivity contribution < 1.29 is 28.2 Å². The number of carbonyl (C=O) groups is 2. The van der Waals surface area contributed by atoms with Gasteiger partial charge in [0, 0.05) is 31.3 Å². The summed E-state index contributed by atoms with van der Waals surface area (Å²) < 4.78 is 32.4. The predicted molar refractivity (Wildman–Crippen MR) is 105 cm³/mol. The Labute approximate surface area is 171 Å². The number of ether oxygens (including phenoxy) is 1. The summed E-state index contributed by atoms with van der Waals surface area (Å²) in [4.78, 5) is 28.4. The number of nitrogens with one attached hydrogen (secondary N) is 1. The number of benzene rings is 2. The summed E-state index contributed by atoms with van der Waals surface area (Å²) in [6.45, 7) is -0.204. The van der Waals surface area contributed by atoms with Crippen LogP contribution in [0.1, 0.15) is 11.5 Å². The highest BCUT2D eigenvalue weighted by atomic mass is 19.1. The van der Waals surface area contributed by atoms with Crippen molar-refractivity contribution in [3.63, 3.8) is 0 Å². The Bertz CT molecular complexity index is 986. The Morgan fingerprint density at radius 2 is 2.00 bits per heavy atom. The SMILES string of the molecule is COCC(=O)N1[C@@H]2CN(C(=O)Nc3cc(F)ccc3F)c3ccccc3[C@@H]2[C@@H]1CO. The molecule has 4 rings (SSSR count). The highest BCUT2D eigenvalue weighted by Crippen LogP contribution is 2.48. The van der Waals surface area contributed by atoms with Crippen LogP contribution < -0.4 is 10.2 Å². The number of hydrogen-bond acceptors (Lipinski definition) is 4. The van der Waals surface area contributed by atoms with E-state index in [1.54, 1.807) is 12.1 Å². The maximum Gasteiger partial charge on any atom is 0.326 e. The maximum absolute atomic E-state index is 14.0. The van der Waals surface area contributed by atoms with Gasteiger partial charge in [-0.2, -0.15) is 0 Å². The summed E-state index contributed by atoms with van der Waals surface area (Å²) in [5.41, 5.74) is 1.14. The predicted octanol–water partition coefficient (Wildman–Crippen LogP) is 2.32. The van der Waals surface area contributed by atoms with E-state index in [1.807, 2.05) is 12.1 Å². The second kappa shape index (κ2) is 8.00. The Morgan fingerprint density at radius 3 is 2.73 bits per heavy atom. The van der Waals surface area contributed by atoms with Crippen molar-refractivity contribution in [3.8, 4) is 0 Å². The van der Waals surface area contributed by atoms with Crippen molar-refractivity contribution in [2.24, 2.45) is 0 Å². The number of hydrogen-bond donors (Lipinski definition) is 2. The molecule has 7 nitrogen and oxygen atoms in total. The van der Waals surface area contributed by atoms with E-state index in [1.165, 1.54) is 16.9 Å². The first-order valence-corrected chi connectivity index (χ1v) is 9.49. The highest BCUT2D eigenvalue weighted by Gasteiger charge is 2.55. The average Bonchev–Trinajstić information content (AvgIpc) is 2.71. The third kappa shape index (κ3) is 3.29. The van der Waals surface area contributed by atoms with E-state index in [2.05, 4.69) is 5.32 Å². The van der Waals surface area contributed by atoms with Gasteiger partial charge in [0.1, 0.15) is 18.2 Å². The molecule has 30 heavy (non-hydrogen) atoms. The van der Waals surface area contributed by atoms with Crippen molar-refractivity contribution in [2.45, 2.75) is 18.0 Å². The van der Waals surface area contributed by atoms with Gasteiger partial charge in [-0.15, -0.1) is 0 Å². The Balaban J connectivity index is 1.66. The number of aliphatic hydroxyl groups is 1. The van der Waals surface area contributed by atoms with Crippen LogP contribution in [0.5, 0.6) is 0 Å². The molecule has 2 heterocycles. The molecular formula is C21H21F2N3O4. The molecule has 2 aliphatic heterocycles. The minimum atomic E-state index is -0.756. The first-order valence-electron chi connectivity index (χ1n) is 9.49. The molecule has 2 N–H and O–H groups in total. The molecule has 2 aliphatic rings. The zero-order valence-corrected chi connectivity index (χ0v) is 16.2.